The monoisotopic (exact) mass is 207 g/mol. The molecule has 14 heavy (non-hydrogen) atoms. The first-order valence-corrected chi connectivity index (χ1v) is 4.73. The van der Waals surface area contributed by atoms with Gasteiger partial charge in [-0.3, -0.25) is 0 Å². The first-order chi connectivity index (χ1) is 6.49. The van der Waals surface area contributed by atoms with Gasteiger partial charge in [0.15, 0.2) is 0 Å². The van der Waals surface area contributed by atoms with Crippen LogP contribution in [0.25, 0.3) is 0 Å². The zero-order valence-electron chi connectivity index (χ0n) is 8.32. The van der Waals surface area contributed by atoms with Crippen molar-refractivity contribution < 1.29 is 13.2 Å². The maximum absolute atomic E-state index is 11.7. The minimum Gasteiger partial charge on any atom is -0.313 e. The molecule has 0 amide bonds. The van der Waals surface area contributed by atoms with E-state index in [2.05, 4.69) is 11.2 Å². The number of hydrogen-bond donors (Lipinski definition) is 1. The number of terminal acetylenes is 1. The number of halogens is 3. The maximum Gasteiger partial charge on any atom is 0.389 e. The Hall–Kier alpha value is -0.690. The third-order valence-electron chi connectivity index (χ3n) is 1.93. The lowest BCUT2D eigenvalue weighted by molar-refractivity contribution is -0.135. The molecular weight excluding hydrogens is 191 g/mol. The minimum atomic E-state index is -4.05. The van der Waals surface area contributed by atoms with E-state index < -0.39 is 12.6 Å². The molecule has 0 bridgehead atoms. The van der Waals surface area contributed by atoms with Gasteiger partial charge in [0.05, 0.1) is 0 Å². The van der Waals surface area contributed by atoms with Crippen LogP contribution in [-0.4, -0.2) is 18.8 Å². The Morgan fingerprint density at radius 1 is 1.43 bits per heavy atom. The molecule has 0 aliphatic heterocycles. The van der Waals surface area contributed by atoms with Gasteiger partial charge >= 0.3 is 6.18 Å². The lowest BCUT2D eigenvalue weighted by atomic mass is 10.1. The molecule has 0 radical (unpaired) electrons. The Bertz CT molecular complexity index is 181. The van der Waals surface area contributed by atoms with Crippen LogP contribution in [0.1, 0.15) is 32.6 Å². The van der Waals surface area contributed by atoms with Crippen LogP contribution in [0.2, 0.25) is 0 Å². The molecule has 0 aromatic rings. The van der Waals surface area contributed by atoms with Gasteiger partial charge in [0.1, 0.15) is 0 Å². The topological polar surface area (TPSA) is 12.0 Å². The van der Waals surface area contributed by atoms with Gasteiger partial charge in [-0.15, -0.1) is 12.3 Å². The molecule has 82 valence electrons. The summed E-state index contributed by atoms with van der Waals surface area (Å²) in [7, 11) is 0. The molecule has 0 aromatic heterocycles. The van der Waals surface area contributed by atoms with Gasteiger partial charge in [0, 0.05) is 18.9 Å². The van der Waals surface area contributed by atoms with Crippen LogP contribution in [-0.2, 0) is 0 Å². The second kappa shape index (κ2) is 6.72. The molecule has 0 heterocycles. The predicted molar refractivity (Wildman–Crippen MR) is 50.8 cm³/mol. The lowest BCUT2D eigenvalue weighted by Gasteiger charge is -2.14. The van der Waals surface area contributed by atoms with Crippen LogP contribution in [0.3, 0.4) is 0 Å². The van der Waals surface area contributed by atoms with Crippen molar-refractivity contribution in [3.8, 4) is 12.3 Å². The molecule has 0 aromatic carbocycles. The second-order valence-corrected chi connectivity index (χ2v) is 3.19. The molecule has 1 N–H and O–H groups in total. The van der Waals surface area contributed by atoms with Crippen molar-refractivity contribution in [2.45, 2.75) is 44.8 Å². The highest BCUT2D eigenvalue weighted by Gasteiger charge is 2.25. The number of rotatable bonds is 6. The van der Waals surface area contributed by atoms with Gasteiger partial charge < -0.3 is 5.32 Å². The quantitative estimate of drug-likeness (QED) is 0.521. The van der Waals surface area contributed by atoms with E-state index >= 15 is 0 Å². The highest BCUT2D eigenvalue weighted by atomic mass is 19.4. The van der Waals surface area contributed by atoms with E-state index in [1.54, 1.807) is 0 Å². The van der Waals surface area contributed by atoms with Gasteiger partial charge in [-0.05, 0) is 19.4 Å². The molecule has 0 aliphatic carbocycles. The fraction of sp³-hybridized carbons (Fsp3) is 0.800. The Balaban J connectivity index is 3.48. The number of hydrogen-bond acceptors (Lipinski definition) is 1. The fourth-order valence-corrected chi connectivity index (χ4v) is 1.10. The van der Waals surface area contributed by atoms with Gasteiger partial charge in [-0.25, -0.2) is 0 Å². The van der Waals surface area contributed by atoms with E-state index in [4.69, 9.17) is 6.42 Å². The number of nitrogens with one attached hydrogen (secondary N) is 1. The van der Waals surface area contributed by atoms with E-state index in [-0.39, 0.29) is 12.5 Å². The molecular formula is C10H16F3N. The van der Waals surface area contributed by atoms with E-state index in [0.717, 1.165) is 6.42 Å². The van der Waals surface area contributed by atoms with Gasteiger partial charge in [0.2, 0.25) is 0 Å². The molecule has 0 fully saturated rings. The predicted octanol–water partition coefficient (Wildman–Crippen LogP) is 2.72. The van der Waals surface area contributed by atoms with Crippen molar-refractivity contribution in [3.05, 3.63) is 0 Å². The molecule has 1 unspecified atom stereocenters. The first-order valence-electron chi connectivity index (χ1n) is 4.73. The fourth-order valence-electron chi connectivity index (χ4n) is 1.10. The lowest BCUT2D eigenvalue weighted by Crippen LogP contribution is -2.29. The normalized spacial score (nSPS) is 13.6. The van der Waals surface area contributed by atoms with Gasteiger partial charge in [-0.2, -0.15) is 13.2 Å². The summed E-state index contributed by atoms with van der Waals surface area (Å²) in [6.07, 6.45) is 1.86. The summed E-state index contributed by atoms with van der Waals surface area (Å²) in [4.78, 5) is 0. The molecule has 0 rings (SSSR count). The second-order valence-electron chi connectivity index (χ2n) is 3.19. The summed E-state index contributed by atoms with van der Waals surface area (Å²) >= 11 is 0. The van der Waals surface area contributed by atoms with E-state index in [1.165, 1.54) is 0 Å². The van der Waals surface area contributed by atoms with Crippen LogP contribution in [0, 0.1) is 12.3 Å². The van der Waals surface area contributed by atoms with Gasteiger partial charge in [0.25, 0.3) is 0 Å². The Kier molecular flexibility index (Phi) is 6.39. The molecule has 0 saturated carbocycles. The van der Waals surface area contributed by atoms with Crippen molar-refractivity contribution >= 4 is 0 Å². The third kappa shape index (κ3) is 7.93. The van der Waals surface area contributed by atoms with Crippen molar-refractivity contribution in [1.29, 1.82) is 0 Å². The Morgan fingerprint density at radius 2 is 2.07 bits per heavy atom. The van der Waals surface area contributed by atoms with E-state index in [0.29, 0.717) is 13.0 Å². The molecule has 0 saturated heterocycles. The molecule has 0 spiro atoms. The Morgan fingerprint density at radius 3 is 2.50 bits per heavy atom. The van der Waals surface area contributed by atoms with Crippen LogP contribution in [0.15, 0.2) is 0 Å². The average molecular weight is 207 g/mol. The Labute approximate surface area is 83.1 Å². The minimum absolute atomic E-state index is 0.116. The highest BCUT2D eigenvalue weighted by Crippen LogP contribution is 2.20. The molecule has 1 atom stereocenters. The van der Waals surface area contributed by atoms with Crippen molar-refractivity contribution in [1.82, 2.24) is 5.32 Å². The number of alkyl halides is 3. The summed E-state index contributed by atoms with van der Waals surface area (Å²) in [6.45, 7) is 2.33. The zero-order valence-corrected chi connectivity index (χ0v) is 8.32. The summed E-state index contributed by atoms with van der Waals surface area (Å²) in [5.74, 6) is 2.49. The van der Waals surface area contributed by atoms with E-state index in [1.807, 2.05) is 6.92 Å². The highest BCUT2D eigenvalue weighted by molar-refractivity contribution is 4.89. The van der Waals surface area contributed by atoms with Crippen LogP contribution in [0.5, 0.6) is 0 Å². The summed E-state index contributed by atoms with van der Waals surface area (Å²) < 4.78 is 35.2. The maximum atomic E-state index is 11.7. The average Bonchev–Trinajstić information content (AvgIpc) is 2.08. The van der Waals surface area contributed by atoms with Crippen LogP contribution in [0.4, 0.5) is 13.2 Å². The molecule has 4 heteroatoms. The first kappa shape index (κ1) is 13.3. The van der Waals surface area contributed by atoms with Crippen molar-refractivity contribution in [2.75, 3.05) is 6.54 Å². The van der Waals surface area contributed by atoms with E-state index in [9.17, 15) is 13.2 Å². The summed E-state index contributed by atoms with van der Waals surface area (Å²) in [5.41, 5.74) is 0. The summed E-state index contributed by atoms with van der Waals surface area (Å²) in [6, 6.07) is 0.147. The van der Waals surface area contributed by atoms with Crippen molar-refractivity contribution in [2.24, 2.45) is 0 Å². The van der Waals surface area contributed by atoms with Gasteiger partial charge in [-0.1, -0.05) is 6.92 Å². The summed E-state index contributed by atoms with van der Waals surface area (Å²) in [5, 5.41) is 3.00. The standard InChI is InChI=1S/C10H16F3N/c1-3-6-9(4-2)14-8-5-7-10(11,12)13/h1,9,14H,4-8H2,2H3. The van der Waals surface area contributed by atoms with Crippen LogP contribution < -0.4 is 5.32 Å². The molecule has 0 aliphatic rings. The van der Waals surface area contributed by atoms with Crippen LogP contribution >= 0.6 is 0 Å². The third-order valence-corrected chi connectivity index (χ3v) is 1.93. The van der Waals surface area contributed by atoms with Crippen molar-refractivity contribution in [3.63, 3.8) is 0 Å². The molecule has 1 nitrogen and oxygen atoms in total. The smallest absolute Gasteiger partial charge is 0.313 e. The SMILES string of the molecule is C#CCC(CC)NCCCC(F)(F)F. The zero-order chi connectivity index (χ0) is 11.0. The largest absolute Gasteiger partial charge is 0.389 e.